The van der Waals surface area contributed by atoms with Crippen LogP contribution >= 0.6 is 23.2 Å². The van der Waals surface area contributed by atoms with Crippen LogP contribution in [0.1, 0.15) is 98.7 Å². The molecule has 5 amide bonds. The molecule has 0 fully saturated rings. The second kappa shape index (κ2) is 28.1. The van der Waals surface area contributed by atoms with Crippen LogP contribution in [-0.4, -0.2) is 123 Å². The molecular formula is C55H61Cl2N7O17. The van der Waals surface area contributed by atoms with Gasteiger partial charge in [0.15, 0.2) is 11.8 Å². The van der Waals surface area contributed by atoms with E-state index in [2.05, 4.69) is 31.9 Å². The second-order valence-electron chi connectivity index (χ2n) is 19.4. The number of aliphatic hydroxyl groups excluding tert-OH is 2. The Morgan fingerprint density at radius 2 is 0.914 bits per heavy atom. The van der Waals surface area contributed by atoms with Crippen LogP contribution in [0.25, 0.3) is 0 Å². The van der Waals surface area contributed by atoms with Crippen molar-refractivity contribution in [1.29, 1.82) is 0 Å². The highest BCUT2D eigenvalue weighted by atomic mass is 35.5. The number of nitrogens with two attached hydrogens (primary N) is 1. The number of aromatic hydroxyl groups is 6. The number of nitrogens with one attached hydrogen (secondary N) is 6. The fourth-order valence-electron chi connectivity index (χ4n) is 8.38. The molecule has 0 heterocycles. The molecule has 81 heavy (non-hydrogen) atoms. The summed E-state index contributed by atoms with van der Waals surface area (Å²) in [5, 5.41) is 108. The first-order valence-electron chi connectivity index (χ1n) is 24.8. The SMILES string of the molecule is CC(=O)CC(NC(=O)C(NC(=O)C(N)CC(C)C)C(O)c1ccc(O)c(Cl)c1)C(=O)[C@@H](C)NC(C(=O)NC(C(=O)NC(C(=O)NC(C(=O)O)c1cc(O)cc(O)c1)C(O)c1ccc(O)c(Cl)c1)c1ccc(O)cc1)c1ccc(O)cc1. The number of phenolic OH excluding ortho intramolecular Hbond substituents is 6. The molecule has 17 N–H and O–H groups in total. The highest BCUT2D eigenvalue weighted by molar-refractivity contribution is 6.32. The summed E-state index contributed by atoms with van der Waals surface area (Å²) in [6.45, 7) is 5.95. The number of aliphatic carboxylic acids is 1. The molecule has 5 rings (SSSR count). The van der Waals surface area contributed by atoms with Crippen LogP contribution < -0.4 is 37.6 Å². The van der Waals surface area contributed by atoms with Crippen LogP contribution in [-0.2, 0) is 38.4 Å². The summed E-state index contributed by atoms with van der Waals surface area (Å²) >= 11 is 12.2. The molecule has 0 saturated carbocycles. The third kappa shape index (κ3) is 17.2. The Bertz CT molecular complexity index is 3110. The number of ketones is 2. The lowest BCUT2D eigenvalue weighted by molar-refractivity contribution is -0.143. The molecule has 26 heteroatoms. The standard InChI is InChI=1S/C55H61Cl2N7O17/c1-24(2)17-38(58)50(75)63-45(48(73)29-9-15-40(70)36(56)21-29)53(78)60-39(18-25(3)65)47(72)26(4)59-42(27-5-11-32(66)12-6-27)51(76)61-43(28-7-13-33(67)14-8-28)52(77)64-46(49(74)30-10-16-41(71)37(57)22-30)54(79)62-44(55(80)81)31-19-34(68)23-35(69)20-31/h5-16,19-24,26,38-39,42-46,48-49,59,66-71,73-74H,17-18,58H2,1-4H3,(H,60,78)(H,61,76)(H,62,79)(H,63,75)(H,64,77)(H,80,81)/t26-,38?,39?,42?,43?,44?,45?,46?,48?,49?/m1/s1. The number of carbonyl (C=O) groups is 8. The Morgan fingerprint density at radius 1 is 0.494 bits per heavy atom. The van der Waals surface area contributed by atoms with Gasteiger partial charge in [-0.2, -0.15) is 0 Å². The number of hydrogen-bond donors (Lipinski definition) is 16. The Balaban J connectivity index is 1.51. The van der Waals surface area contributed by atoms with Crippen molar-refractivity contribution in [2.24, 2.45) is 11.7 Å². The molecule has 10 atom stereocenters. The van der Waals surface area contributed by atoms with Crippen molar-refractivity contribution in [1.82, 2.24) is 31.9 Å². The summed E-state index contributed by atoms with van der Waals surface area (Å²) < 4.78 is 0. The van der Waals surface area contributed by atoms with E-state index in [-0.39, 0.29) is 67.4 Å². The van der Waals surface area contributed by atoms with Gasteiger partial charge in [0, 0.05) is 12.5 Å². The minimum absolute atomic E-state index is 0.0349. The lowest BCUT2D eigenvalue weighted by atomic mass is 9.96. The normalized spacial score (nSPS) is 15.0. The number of benzene rings is 5. The molecular weight excluding hydrogens is 1100 g/mol. The van der Waals surface area contributed by atoms with Gasteiger partial charge in [0.1, 0.15) is 76.7 Å². The minimum Gasteiger partial charge on any atom is -0.508 e. The van der Waals surface area contributed by atoms with E-state index in [1.807, 2.05) is 0 Å². The zero-order valence-corrected chi connectivity index (χ0v) is 45.2. The van der Waals surface area contributed by atoms with Crippen LogP contribution in [0, 0.1) is 5.92 Å². The van der Waals surface area contributed by atoms with Crippen molar-refractivity contribution < 1.29 is 84.3 Å². The zero-order valence-electron chi connectivity index (χ0n) is 43.7. The number of carbonyl (C=O) groups excluding carboxylic acids is 7. The van der Waals surface area contributed by atoms with Gasteiger partial charge in [0.25, 0.3) is 0 Å². The highest BCUT2D eigenvalue weighted by Crippen LogP contribution is 2.32. The van der Waals surface area contributed by atoms with E-state index in [1.165, 1.54) is 49.4 Å². The van der Waals surface area contributed by atoms with E-state index >= 15 is 0 Å². The highest BCUT2D eigenvalue weighted by Gasteiger charge is 2.40. The maximum atomic E-state index is 14.8. The first-order chi connectivity index (χ1) is 38.0. The maximum absolute atomic E-state index is 14.8. The van der Waals surface area contributed by atoms with E-state index in [0.29, 0.717) is 0 Å². The summed E-state index contributed by atoms with van der Waals surface area (Å²) in [5.74, 6) is -11.7. The van der Waals surface area contributed by atoms with Crippen LogP contribution in [0.3, 0.4) is 0 Å². The van der Waals surface area contributed by atoms with Gasteiger partial charge in [-0.3, -0.25) is 38.9 Å². The summed E-state index contributed by atoms with van der Waals surface area (Å²) in [6.07, 6.45) is -4.50. The van der Waals surface area contributed by atoms with E-state index in [1.54, 1.807) is 13.8 Å². The van der Waals surface area contributed by atoms with Crippen molar-refractivity contribution in [3.05, 3.63) is 141 Å². The molecule has 0 radical (unpaired) electrons. The molecule has 0 bridgehead atoms. The van der Waals surface area contributed by atoms with E-state index in [9.17, 15) is 84.3 Å². The van der Waals surface area contributed by atoms with Crippen molar-refractivity contribution in [3.8, 4) is 34.5 Å². The summed E-state index contributed by atoms with van der Waals surface area (Å²) in [7, 11) is 0. The predicted octanol–water partition coefficient (Wildman–Crippen LogP) is 2.89. The molecule has 0 spiro atoms. The largest absolute Gasteiger partial charge is 0.508 e. The Kier molecular flexibility index (Phi) is 21.9. The van der Waals surface area contributed by atoms with Gasteiger partial charge < -0.3 is 78.3 Å². The number of carboxylic acid groups (broad SMARTS) is 1. The van der Waals surface area contributed by atoms with Crippen LogP contribution in [0.5, 0.6) is 34.5 Å². The van der Waals surface area contributed by atoms with E-state index in [4.69, 9.17) is 28.9 Å². The molecule has 9 unspecified atom stereocenters. The van der Waals surface area contributed by atoms with Crippen molar-refractivity contribution >= 4 is 70.3 Å². The molecule has 5 aromatic rings. The smallest absolute Gasteiger partial charge is 0.330 e. The first kappa shape index (κ1) is 63.3. The number of halogens is 2. The lowest BCUT2D eigenvalue weighted by Crippen LogP contribution is -2.58. The molecule has 5 aromatic carbocycles. The summed E-state index contributed by atoms with van der Waals surface area (Å²) in [4.78, 5) is 111. The monoisotopic (exact) mass is 1160 g/mol. The van der Waals surface area contributed by atoms with Crippen LogP contribution in [0.4, 0.5) is 0 Å². The second-order valence-corrected chi connectivity index (χ2v) is 20.2. The third-order valence-corrected chi connectivity index (χ3v) is 13.1. The summed E-state index contributed by atoms with van der Waals surface area (Å²) in [5.41, 5.74) is 5.45. The number of rotatable bonds is 26. The quantitative estimate of drug-likeness (QED) is 0.0378. The maximum Gasteiger partial charge on any atom is 0.330 e. The third-order valence-electron chi connectivity index (χ3n) is 12.5. The molecule has 0 aliphatic rings. The van der Waals surface area contributed by atoms with Crippen molar-refractivity contribution in [2.45, 2.75) is 101 Å². The van der Waals surface area contributed by atoms with Gasteiger partial charge >= 0.3 is 5.97 Å². The van der Waals surface area contributed by atoms with Gasteiger partial charge in [-0.25, -0.2) is 4.79 Å². The van der Waals surface area contributed by atoms with Gasteiger partial charge in [-0.05, 0) is 115 Å². The van der Waals surface area contributed by atoms with Crippen LogP contribution in [0.15, 0.2) is 103 Å². The predicted molar refractivity (Wildman–Crippen MR) is 290 cm³/mol. The molecule has 24 nitrogen and oxygen atoms in total. The van der Waals surface area contributed by atoms with Crippen molar-refractivity contribution in [3.63, 3.8) is 0 Å². The molecule has 0 saturated heterocycles. The van der Waals surface area contributed by atoms with E-state index < -0.39 is 131 Å². The molecule has 432 valence electrons. The van der Waals surface area contributed by atoms with Crippen molar-refractivity contribution in [2.75, 3.05) is 0 Å². The average Bonchev–Trinajstić information content (AvgIpc) is 3.40. The zero-order chi connectivity index (χ0) is 60.2. The number of phenols is 6. The van der Waals surface area contributed by atoms with Crippen LogP contribution in [0.2, 0.25) is 10.0 Å². The minimum atomic E-state index is -2.19. The number of amides is 5. The fraction of sp³-hybridized carbons (Fsp3) is 0.309. The lowest BCUT2D eigenvalue weighted by Gasteiger charge is -2.30. The number of Topliss-reactive ketones (excluding diaryl/α,β-unsaturated/α-hetero) is 2. The van der Waals surface area contributed by atoms with Gasteiger partial charge in [0.2, 0.25) is 29.5 Å². The summed E-state index contributed by atoms with van der Waals surface area (Å²) in [6, 6.07) is 4.84. The van der Waals surface area contributed by atoms with Gasteiger partial charge in [-0.15, -0.1) is 0 Å². The Hall–Kier alpha value is -8.52. The average molecular weight is 1160 g/mol. The topological polar surface area (TPSA) is 417 Å². The van der Waals surface area contributed by atoms with Gasteiger partial charge in [0.05, 0.1) is 28.2 Å². The Morgan fingerprint density at radius 3 is 1.36 bits per heavy atom. The molecule has 0 aromatic heterocycles. The number of hydrogen-bond acceptors (Lipinski definition) is 18. The number of carboxylic acids is 1. The first-order valence-corrected chi connectivity index (χ1v) is 25.5. The van der Waals surface area contributed by atoms with Gasteiger partial charge in [-0.1, -0.05) is 73.4 Å². The molecule has 0 aliphatic heterocycles. The van der Waals surface area contributed by atoms with E-state index in [0.717, 1.165) is 67.6 Å². The fourth-order valence-corrected chi connectivity index (χ4v) is 8.76. The molecule has 0 aliphatic carbocycles. The number of aliphatic hydroxyl groups is 2. The Labute approximate surface area is 472 Å².